The van der Waals surface area contributed by atoms with Gasteiger partial charge in [-0.25, -0.2) is 9.18 Å². The Kier molecular flexibility index (Phi) is 2.89. The molecule has 0 bridgehead atoms. The molecule has 1 aromatic heterocycles. The van der Waals surface area contributed by atoms with E-state index in [0.29, 0.717) is 22.6 Å². The number of nitrogens with zero attached hydrogens (tertiary/aromatic N) is 4. The van der Waals surface area contributed by atoms with Gasteiger partial charge >= 0.3 is 11.4 Å². The second-order valence-electron chi connectivity index (χ2n) is 3.81. The van der Waals surface area contributed by atoms with Crippen LogP contribution < -0.4 is 5.69 Å². The van der Waals surface area contributed by atoms with E-state index in [2.05, 4.69) is 5.10 Å². The molecule has 1 heterocycles. The summed E-state index contributed by atoms with van der Waals surface area (Å²) in [7, 11) is 1.42. The second-order valence-corrected chi connectivity index (χ2v) is 3.81. The number of halogens is 2. The van der Waals surface area contributed by atoms with E-state index in [9.17, 15) is 23.7 Å². The Morgan fingerprint density at radius 3 is 2.42 bits per heavy atom. The summed E-state index contributed by atoms with van der Waals surface area (Å²) in [5.74, 6) is -2.05. The van der Waals surface area contributed by atoms with Crippen molar-refractivity contribution in [1.29, 1.82) is 0 Å². The lowest BCUT2D eigenvalue weighted by Gasteiger charge is -2.02. The maximum absolute atomic E-state index is 13.7. The van der Waals surface area contributed by atoms with Crippen molar-refractivity contribution in [1.82, 2.24) is 14.3 Å². The molecular formula is C10H8F2N4O3. The van der Waals surface area contributed by atoms with Crippen LogP contribution in [-0.4, -0.2) is 19.3 Å². The Hall–Kier alpha value is -2.58. The van der Waals surface area contributed by atoms with E-state index in [1.54, 1.807) is 0 Å². The van der Waals surface area contributed by atoms with E-state index in [1.807, 2.05) is 0 Å². The van der Waals surface area contributed by atoms with Gasteiger partial charge in [-0.05, 0) is 6.92 Å². The van der Waals surface area contributed by atoms with E-state index in [-0.39, 0.29) is 0 Å². The maximum atomic E-state index is 13.7. The molecule has 0 N–H and O–H groups in total. The lowest BCUT2D eigenvalue weighted by atomic mass is 10.2. The molecule has 0 saturated carbocycles. The molecule has 9 heteroatoms. The normalized spacial score (nSPS) is 10.7. The van der Waals surface area contributed by atoms with Crippen molar-refractivity contribution in [3.63, 3.8) is 0 Å². The lowest BCUT2D eigenvalue weighted by Crippen LogP contribution is -2.22. The molecule has 0 aliphatic carbocycles. The Labute approximate surface area is 104 Å². The number of nitro benzene ring substituents is 1. The average molecular weight is 270 g/mol. The van der Waals surface area contributed by atoms with E-state index in [0.717, 1.165) is 4.57 Å². The first-order chi connectivity index (χ1) is 8.82. The van der Waals surface area contributed by atoms with Gasteiger partial charge in [0.25, 0.3) is 0 Å². The third kappa shape index (κ3) is 1.98. The monoisotopic (exact) mass is 270 g/mol. The summed E-state index contributed by atoms with van der Waals surface area (Å²) in [5, 5.41) is 14.2. The molecule has 19 heavy (non-hydrogen) atoms. The van der Waals surface area contributed by atoms with Gasteiger partial charge in [0.1, 0.15) is 11.5 Å². The highest BCUT2D eigenvalue weighted by Gasteiger charge is 2.21. The molecule has 2 rings (SSSR count). The molecule has 0 amide bonds. The van der Waals surface area contributed by atoms with Crippen molar-refractivity contribution in [2.75, 3.05) is 0 Å². The Morgan fingerprint density at radius 1 is 1.32 bits per heavy atom. The summed E-state index contributed by atoms with van der Waals surface area (Å²) in [4.78, 5) is 21.1. The average Bonchev–Trinajstić information content (AvgIpc) is 2.59. The van der Waals surface area contributed by atoms with Crippen LogP contribution in [0.1, 0.15) is 5.82 Å². The molecule has 0 aliphatic heterocycles. The molecule has 0 saturated heterocycles. The van der Waals surface area contributed by atoms with Crippen LogP contribution in [0.5, 0.6) is 0 Å². The number of aromatic nitrogens is 3. The van der Waals surface area contributed by atoms with Gasteiger partial charge in [0.05, 0.1) is 11.0 Å². The van der Waals surface area contributed by atoms with Crippen LogP contribution >= 0.6 is 0 Å². The van der Waals surface area contributed by atoms with E-state index in [1.165, 1.54) is 14.0 Å². The first-order valence-electron chi connectivity index (χ1n) is 5.09. The first-order valence-corrected chi connectivity index (χ1v) is 5.09. The lowest BCUT2D eigenvalue weighted by molar-refractivity contribution is -0.387. The highest BCUT2D eigenvalue weighted by atomic mass is 19.1. The predicted octanol–water partition coefficient (Wildman–Crippen LogP) is 1.07. The number of hydrogen-bond acceptors (Lipinski definition) is 4. The Morgan fingerprint density at radius 2 is 1.95 bits per heavy atom. The minimum atomic E-state index is -1.24. The van der Waals surface area contributed by atoms with Crippen LogP contribution in [-0.2, 0) is 7.05 Å². The largest absolute Gasteiger partial charge is 0.350 e. The fraction of sp³-hybridized carbons (Fsp3) is 0.200. The van der Waals surface area contributed by atoms with Crippen LogP contribution in [0.3, 0.4) is 0 Å². The maximum Gasteiger partial charge on any atom is 0.350 e. The number of benzene rings is 1. The summed E-state index contributed by atoms with van der Waals surface area (Å²) < 4.78 is 29.0. The topological polar surface area (TPSA) is 83.0 Å². The van der Waals surface area contributed by atoms with Crippen molar-refractivity contribution in [3.8, 4) is 5.69 Å². The van der Waals surface area contributed by atoms with Gasteiger partial charge < -0.3 is 0 Å². The van der Waals surface area contributed by atoms with Crippen LogP contribution in [0.2, 0.25) is 0 Å². The molecule has 0 radical (unpaired) electrons. The van der Waals surface area contributed by atoms with Crippen molar-refractivity contribution >= 4 is 5.69 Å². The number of rotatable bonds is 2. The molecular weight excluding hydrogens is 262 g/mol. The van der Waals surface area contributed by atoms with Gasteiger partial charge in [-0.15, -0.1) is 0 Å². The number of hydrogen-bond donors (Lipinski definition) is 0. The smallest absolute Gasteiger partial charge is 0.282 e. The summed E-state index contributed by atoms with van der Waals surface area (Å²) in [6.07, 6.45) is 0. The van der Waals surface area contributed by atoms with Gasteiger partial charge in [0.15, 0.2) is 5.82 Å². The van der Waals surface area contributed by atoms with Crippen molar-refractivity contribution in [3.05, 3.63) is 50.2 Å². The number of nitro groups is 1. The highest BCUT2D eigenvalue weighted by molar-refractivity contribution is 5.43. The molecule has 2 aromatic rings. The summed E-state index contributed by atoms with van der Waals surface area (Å²) in [6, 6.07) is 0.989. The molecule has 0 fully saturated rings. The van der Waals surface area contributed by atoms with E-state index >= 15 is 0 Å². The Bertz CT molecular complexity index is 735. The quantitative estimate of drug-likeness (QED) is 0.603. The van der Waals surface area contributed by atoms with E-state index < -0.39 is 33.6 Å². The summed E-state index contributed by atoms with van der Waals surface area (Å²) in [5.41, 5.74) is -2.15. The predicted molar refractivity (Wildman–Crippen MR) is 60.1 cm³/mol. The van der Waals surface area contributed by atoms with Gasteiger partial charge in [0.2, 0.25) is 5.82 Å². The molecule has 0 atom stereocenters. The zero-order chi connectivity index (χ0) is 14.3. The minimum absolute atomic E-state index is 0.295. The van der Waals surface area contributed by atoms with Crippen LogP contribution in [0.4, 0.5) is 14.5 Å². The van der Waals surface area contributed by atoms with E-state index in [4.69, 9.17) is 0 Å². The van der Waals surface area contributed by atoms with Crippen LogP contribution in [0, 0.1) is 28.7 Å². The molecule has 0 aliphatic rings. The second kappa shape index (κ2) is 4.26. The van der Waals surface area contributed by atoms with Gasteiger partial charge in [-0.2, -0.15) is 14.2 Å². The Balaban J connectivity index is 2.70. The van der Waals surface area contributed by atoms with Crippen molar-refractivity contribution in [2.45, 2.75) is 6.92 Å². The zero-order valence-corrected chi connectivity index (χ0v) is 9.92. The first kappa shape index (κ1) is 12.9. The fourth-order valence-corrected chi connectivity index (χ4v) is 1.52. The van der Waals surface area contributed by atoms with Gasteiger partial charge in [-0.3, -0.25) is 14.7 Å². The fourth-order valence-electron chi connectivity index (χ4n) is 1.52. The van der Waals surface area contributed by atoms with Crippen molar-refractivity contribution < 1.29 is 13.7 Å². The molecule has 1 aromatic carbocycles. The summed E-state index contributed by atoms with van der Waals surface area (Å²) in [6.45, 7) is 1.51. The van der Waals surface area contributed by atoms with Gasteiger partial charge in [0, 0.05) is 13.1 Å². The molecule has 7 nitrogen and oxygen atoms in total. The molecule has 100 valence electrons. The number of aryl methyl sites for hydroxylation is 1. The SMILES string of the molecule is Cc1nn(-c2cc(F)c([N+](=O)[O-])cc2F)c(=O)n1C. The van der Waals surface area contributed by atoms with Crippen LogP contribution in [0.15, 0.2) is 16.9 Å². The molecule has 0 unspecified atom stereocenters. The zero-order valence-electron chi connectivity index (χ0n) is 9.92. The minimum Gasteiger partial charge on any atom is -0.282 e. The molecule has 0 spiro atoms. The van der Waals surface area contributed by atoms with Crippen LogP contribution in [0.25, 0.3) is 5.69 Å². The standard InChI is InChI=1S/C10H8F2N4O3/c1-5-13-15(10(17)14(5)2)8-3-7(12)9(16(18)19)4-6(8)11/h3-4H,1-2H3. The van der Waals surface area contributed by atoms with Gasteiger partial charge in [-0.1, -0.05) is 0 Å². The highest BCUT2D eigenvalue weighted by Crippen LogP contribution is 2.22. The summed E-state index contributed by atoms with van der Waals surface area (Å²) >= 11 is 0. The third-order valence-corrected chi connectivity index (χ3v) is 2.64. The third-order valence-electron chi connectivity index (χ3n) is 2.64. The van der Waals surface area contributed by atoms with Crippen molar-refractivity contribution in [2.24, 2.45) is 7.05 Å².